The first-order valence-electron chi connectivity index (χ1n) is 11.4. The molecule has 0 saturated heterocycles. The van der Waals surface area contributed by atoms with Crippen molar-refractivity contribution in [1.82, 2.24) is 16.0 Å². The molecule has 2 atom stereocenters. The summed E-state index contributed by atoms with van der Waals surface area (Å²) in [6.45, 7) is 3.54. The molecule has 0 spiro atoms. The predicted octanol–water partition coefficient (Wildman–Crippen LogP) is 2.98. The van der Waals surface area contributed by atoms with Crippen LogP contribution in [0.3, 0.4) is 0 Å². The summed E-state index contributed by atoms with van der Waals surface area (Å²) in [4.78, 5) is 49.7. The fourth-order valence-electron chi connectivity index (χ4n) is 3.34. The minimum Gasteiger partial charge on any atom is -0.445 e. The quantitative estimate of drug-likeness (QED) is 0.365. The molecule has 3 amide bonds. The van der Waals surface area contributed by atoms with E-state index in [1.54, 1.807) is 0 Å². The number of halogens is 1. The number of alkyl carbamates (subject to hydrolysis) is 1. The first-order chi connectivity index (χ1) is 16.8. The van der Waals surface area contributed by atoms with Crippen molar-refractivity contribution in [2.45, 2.75) is 45.4 Å². The highest BCUT2D eigenvalue weighted by Crippen LogP contribution is 2.09. The van der Waals surface area contributed by atoms with E-state index < -0.39 is 30.0 Å². The Balaban J connectivity index is 1.92. The van der Waals surface area contributed by atoms with Gasteiger partial charge in [0.25, 0.3) is 0 Å². The molecule has 0 aliphatic rings. The zero-order chi connectivity index (χ0) is 25.6. The molecule has 0 aliphatic carbocycles. The lowest BCUT2D eigenvalue weighted by atomic mass is 10.00. The summed E-state index contributed by atoms with van der Waals surface area (Å²) in [5, 5.41) is 7.74. The van der Waals surface area contributed by atoms with Gasteiger partial charge in [-0.3, -0.25) is 14.4 Å². The lowest BCUT2D eigenvalue weighted by Crippen LogP contribution is -2.54. The molecule has 0 aromatic heterocycles. The molecule has 2 aromatic rings. The summed E-state index contributed by atoms with van der Waals surface area (Å²) in [6.07, 6.45) is -0.108. The van der Waals surface area contributed by atoms with Crippen molar-refractivity contribution in [3.05, 3.63) is 71.8 Å². The van der Waals surface area contributed by atoms with Gasteiger partial charge in [0.05, 0.1) is 11.9 Å². The smallest absolute Gasteiger partial charge is 0.407 e. The molecule has 2 aromatic carbocycles. The van der Waals surface area contributed by atoms with Crippen LogP contribution in [0.4, 0.5) is 4.79 Å². The number of benzene rings is 2. The van der Waals surface area contributed by atoms with Gasteiger partial charge in [-0.25, -0.2) is 4.79 Å². The number of ketones is 1. The predicted molar refractivity (Wildman–Crippen MR) is 134 cm³/mol. The summed E-state index contributed by atoms with van der Waals surface area (Å²) < 4.78 is 5.08. The van der Waals surface area contributed by atoms with E-state index in [9.17, 15) is 19.2 Å². The first kappa shape index (κ1) is 27.9. The molecule has 0 saturated carbocycles. The van der Waals surface area contributed by atoms with E-state index in [-0.39, 0.29) is 37.2 Å². The van der Waals surface area contributed by atoms with Crippen LogP contribution in [0.2, 0.25) is 0 Å². The number of hydrogen-bond acceptors (Lipinski definition) is 5. The first-order valence-corrected chi connectivity index (χ1v) is 12.0. The highest BCUT2D eigenvalue weighted by molar-refractivity contribution is 6.28. The van der Waals surface area contributed by atoms with Crippen molar-refractivity contribution >= 4 is 35.3 Å². The van der Waals surface area contributed by atoms with Gasteiger partial charge in [-0.05, 0) is 29.9 Å². The number of Topliss-reactive ketones (excluding diaryl/α,β-unsaturated/α-hetero) is 1. The number of carbonyl (C=O) groups is 4. The van der Waals surface area contributed by atoms with Crippen LogP contribution in [-0.4, -0.2) is 48.2 Å². The van der Waals surface area contributed by atoms with Gasteiger partial charge in [-0.15, -0.1) is 11.6 Å². The van der Waals surface area contributed by atoms with E-state index in [2.05, 4.69) is 16.0 Å². The fourth-order valence-corrected chi connectivity index (χ4v) is 3.52. The Morgan fingerprint density at radius 1 is 0.857 bits per heavy atom. The minimum atomic E-state index is -0.883. The molecule has 9 heteroatoms. The maximum absolute atomic E-state index is 13.0. The standard InChI is InChI=1S/C26H32ClN3O5/c1-18(2)13-22(25(33)30-21(23(31)15-27)14-19-9-5-3-6-10-19)29-24(32)16-28-26(34)35-17-20-11-7-4-8-12-20/h3-12,18,21-22H,13-17H2,1-2H3,(H,28,34)(H,29,32)(H,30,33). The SMILES string of the molecule is CC(C)CC(NC(=O)CNC(=O)OCc1ccccc1)C(=O)NC(Cc1ccccc1)C(=O)CCl. The number of nitrogens with one attached hydrogen (secondary N) is 3. The zero-order valence-corrected chi connectivity index (χ0v) is 20.7. The lowest BCUT2D eigenvalue weighted by Gasteiger charge is -2.24. The zero-order valence-electron chi connectivity index (χ0n) is 20.0. The third-order valence-corrected chi connectivity index (χ3v) is 5.35. The van der Waals surface area contributed by atoms with Crippen LogP contribution in [0.1, 0.15) is 31.4 Å². The van der Waals surface area contributed by atoms with Crippen molar-refractivity contribution < 1.29 is 23.9 Å². The average Bonchev–Trinajstić information content (AvgIpc) is 2.85. The second-order valence-corrected chi connectivity index (χ2v) is 8.78. The Morgan fingerprint density at radius 3 is 2.03 bits per heavy atom. The topological polar surface area (TPSA) is 114 Å². The molecule has 2 rings (SSSR count). The second-order valence-electron chi connectivity index (χ2n) is 8.52. The van der Waals surface area contributed by atoms with Crippen LogP contribution in [0.5, 0.6) is 0 Å². The van der Waals surface area contributed by atoms with Gasteiger partial charge in [0.2, 0.25) is 11.8 Å². The molecular formula is C26H32ClN3O5. The van der Waals surface area contributed by atoms with Crippen LogP contribution in [0.15, 0.2) is 60.7 Å². The van der Waals surface area contributed by atoms with Crippen LogP contribution in [0, 0.1) is 5.92 Å². The summed E-state index contributed by atoms with van der Waals surface area (Å²) in [5.41, 5.74) is 1.69. The van der Waals surface area contributed by atoms with Crippen molar-refractivity contribution in [3.8, 4) is 0 Å². The highest BCUT2D eigenvalue weighted by atomic mass is 35.5. The van der Waals surface area contributed by atoms with Gasteiger partial charge in [0.1, 0.15) is 19.2 Å². The number of rotatable bonds is 13. The third kappa shape index (κ3) is 10.6. The average molecular weight is 502 g/mol. The van der Waals surface area contributed by atoms with E-state index in [4.69, 9.17) is 16.3 Å². The van der Waals surface area contributed by atoms with Crippen LogP contribution in [-0.2, 0) is 32.1 Å². The van der Waals surface area contributed by atoms with Gasteiger partial charge in [-0.2, -0.15) is 0 Å². The summed E-state index contributed by atoms with van der Waals surface area (Å²) >= 11 is 5.76. The van der Waals surface area contributed by atoms with Crippen molar-refractivity contribution in [2.24, 2.45) is 5.92 Å². The van der Waals surface area contributed by atoms with Gasteiger partial charge in [0.15, 0.2) is 5.78 Å². The molecule has 188 valence electrons. The molecule has 0 fully saturated rings. The third-order valence-electron chi connectivity index (χ3n) is 5.08. The molecular weight excluding hydrogens is 470 g/mol. The lowest BCUT2D eigenvalue weighted by molar-refractivity contribution is -0.131. The van der Waals surface area contributed by atoms with E-state index >= 15 is 0 Å². The molecule has 35 heavy (non-hydrogen) atoms. The number of ether oxygens (including phenoxy) is 1. The Kier molecular flexibility index (Phi) is 11.8. The fraction of sp³-hybridized carbons (Fsp3) is 0.385. The van der Waals surface area contributed by atoms with E-state index in [1.165, 1.54) is 0 Å². The number of hydrogen-bond donors (Lipinski definition) is 3. The Bertz CT molecular complexity index is 969. The van der Waals surface area contributed by atoms with Crippen LogP contribution < -0.4 is 16.0 Å². The summed E-state index contributed by atoms with van der Waals surface area (Å²) in [6, 6.07) is 16.7. The number of amides is 3. The van der Waals surface area contributed by atoms with Crippen molar-refractivity contribution in [2.75, 3.05) is 12.4 Å². The van der Waals surface area contributed by atoms with E-state index in [0.717, 1.165) is 11.1 Å². The van der Waals surface area contributed by atoms with Gasteiger partial charge in [0, 0.05) is 0 Å². The monoisotopic (exact) mass is 501 g/mol. The highest BCUT2D eigenvalue weighted by Gasteiger charge is 2.27. The molecule has 8 nitrogen and oxygen atoms in total. The van der Waals surface area contributed by atoms with Crippen molar-refractivity contribution in [1.29, 1.82) is 0 Å². The molecule has 0 aliphatic heterocycles. The minimum absolute atomic E-state index is 0.0735. The molecule has 0 bridgehead atoms. The van der Waals surface area contributed by atoms with Crippen LogP contribution in [0.25, 0.3) is 0 Å². The number of alkyl halides is 1. The maximum atomic E-state index is 13.0. The Hall–Kier alpha value is -3.39. The second kappa shape index (κ2) is 14.8. The number of carbonyl (C=O) groups excluding carboxylic acids is 4. The maximum Gasteiger partial charge on any atom is 0.407 e. The summed E-state index contributed by atoms with van der Waals surface area (Å²) in [5.74, 6) is -1.51. The Labute approximate surface area is 210 Å². The van der Waals surface area contributed by atoms with E-state index in [1.807, 2.05) is 74.5 Å². The van der Waals surface area contributed by atoms with Gasteiger partial charge >= 0.3 is 6.09 Å². The van der Waals surface area contributed by atoms with Crippen LogP contribution >= 0.6 is 11.6 Å². The molecule has 0 heterocycles. The largest absolute Gasteiger partial charge is 0.445 e. The summed E-state index contributed by atoms with van der Waals surface area (Å²) in [7, 11) is 0. The molecule has 3 N–H and O–H groups in total. The molecule has 2 unspecified atom stereocenters. The molecule has 0 radical (unpaired) electrons. The Morgan fingerprint density at radius 2 is 1.46 bits per heavy atom. The van der Waals surface area contributed by atoms with Crippen molar-refractivity contribution in [3.63, 3.8) is 0 Å². The van der Waals surface area contributed by atoms with E-state index in [0.29, 0.717) is 6.42 Å². The normalized spacial score (nSPS) is 12.3. The van der Waals surface area contributed by atoms with Gasteiger partial charge in [-0.1, -0.05) is 74.5 Å². The van der Waals surface area contributed by atoms with Gasteiger partial charge < -0.3 is 20.7 Å².